The molecule has 2 aromatic carbocycles. The Morgan fingerprint density at radius 1 is 1.14 bits per heavy atom. The Morgan fingerprint density at radius 2 is 1.96 bits per heavy atom. The van der Waals surface area contributed by atoms with Gasteiger partial charge in [0.05, 0.1) is 17.9 Å². The fourth-order valence-electron chi connectivity index (χ4n) is 2.48. The molecule has 0 aliphatic heterocycles. The van der Waals surface area contributed by atoms with E-state index in [0.29, 0.717) is 29.4 Å². The second-order valence-corrected chi connectivity index (χ2v) is 6.81. The molecule has 0 atom stereocenters. The minimum Gasteiger partial charge on any atom is -0.462 e. The minimum atomic E-state index is -0.417. The van der Waals surface area contributed by atoms with Crippen LogP contribution >= 0.6 is 11.8 Å². The number of thioether (sulfide) groups is 1. The maximum absolute atomic E-state index is 12.2. The van der Waals surface area contributed by atoms with Gasteiger partial charge in [0, 0.05) is 12.1 Å². The number of aromatic amines is 1. The van der Waals surface area contributed by atoms with E-state index in [-0.39, 0.29) is 11.7 Å². The number of esters is 1. The van der Waals surface area contributed by atoms with E-state index in [1.54, 1.807) is 31.2 Å². The van der Waals surface area contributed by atoms with E-state index in [9.17, 15) is 9.59 Å². The Balaban J connectivity index is 1.51. The van der Waals surface area contributed by atoms with Gasteiger partial charge in [-0.3, -0.25) is 9.89 Å². The molecule has 7 nitrogen and oxygen atoms in total. The monoisotopic (exact) mass is 396 g/mol. The molecule has 3 aromatic rings. The number of ether oxygens (including phenoxy) is 1. The lowest BCUT2D eigenvalue weighted by Crippen LogP contribution is -2.14. The summed E-state index contributed by atoms with van der Waals surface area (Å²) in [5.74, 6) is 0.281. The lowest BCUT2D eigenvalue weighted by Gasteiger charge is -2.06. The zero-order chi connectivity index (χ0) is 19.8. The highest BCUT2D eigenvalue weighted by molar-refractivity contribution is 7.99. The molecule has 0 bridgehead atoms. The summed E-state index contributed by atoms with van der Waals surface area (Å²) in [7, 11) is 0. The van der Waals surface area contributed by atoms with Gasteiger partial charge in [-0.1, -0.05) is 48.2 Å². The van der Waals surface area contributed by atoms with Gasteiger partial charge in [0.1, 0.15) is 5.82 Å². The van der Waals surface area contributed by atoms with Crippen molar-refractivity contribution in [1.29, 1.82) is 0 Å². The molecule has 0 radical (unpaired) electrons. The zero-order valence-corrected chi connectivity index (χ0v) is 16.2. The Morgan fingerprint density at radius 3 is 2.75 bits per heavy atom. The van der Waals surface area contributed by atoms with E-state index in [1.807, 2.05) is 30.3 Å². The molecule has 0 unspecified atom stereocenters. The summed E-state index contributed by atoms with van der Waals surface area (Å²) in [6.07, 6.45) is 0.654. The lowest BCUT2D eigenvalue weighted by atomic mass is 10.1. The second kappa shape index (κ2) is 9.70. The number of carbonyl (C=O) groups is 2. The van der Waals surface area contributed by atoms with E-state index >= 15 is 0 Å². The molecular formula is C20H20N4O3S. The van der Waals surface area contributed by atoms with E-state index in [1.165, 1.54) is 11.8 Å². The van der Waals surface area contributed by atoms with E-state index in [4.69, 9.17) is 4.74 Å². The van der Waals surface area contributed by atoms with E-state index in [2.05, 4.69) is 20.5 Å². The van der Waals surface area contributed by atoms with Crippen molar-refractivity contribution in [2.45, 2.75) is 18.5 Å². The van der Waals surface area contributed by atoms with E-state index in [0.717, 1.165) is 11.4 Å². The van der Waals surface area contributed by atoms with Gasteiger partial charge in [-0.05, 0) is 30.7 Å². The number of nitrogens with zero attached hydrogens (tertiary/aromatic N) is 2. The van der Waals surface area contributed by atoms with Crippen molar-refractivity contribution in [3.63, 3.8) is 0 Å². The number of aromatic nitrogens is 3. The normalized spacial score (nSPS) is 10.5. The molecule has 0 aliphatic carbocycles. The number of H-pyrrole nitrogens is 1. The molecule has 0 spiro atoms. The highest BCUT2D eigenvalue weighted by atomic mass is 32.2. The largest absolute Gasteiger partial charge is 0.462 e. The third-order valence-corrected chi connectivity index (χ3v) is 4.56. The van der Waals surface area contributed by atoms with Crippen LogP contribution in [0.25, 0.3) is 0 Å². The number of nitrogens with one attached hydrogen (secondary N) is 2. The summed E-state index contributed by atoms with van der Waals surface area (Å²) >= 11 is 1.24. The third kappa shape index (κ3) is 5.68. The summed E-state index contributed by atoms with van der Waals surface area (Å²) in [5.41, 5.74) is 2.07. The average molecular weight is 396 g/mol. The van der Waals surface area contributed by atoms with Gasteiger partial charge in [-0.2, -0.15) is 0 Å². The van der Waals surface area contributed by atoms with Gasteiger partial charge in [0.25, 0.3) is 0 Å². The van der Waals surface area contributed by atoms with Gasteiger partial charge in [0.2, 0.25) is 11.1 Å². The van der Waals surface area contributed by atoms with Crippen LogP contribution in [0, 0.1) is 0 Å². The molecule has 0 saturated carbocycles. The summed E-state index contributed by atoms with van der Waals surface area (Å²) in [6.45, 7) is 2.05. The van der Waals surface area contributed by atoms with Gasteiger partial charge < -0.3 is 10.1 Å². The number of hydrogen-bond donors (Lipinski definition) is 2. The zero-order valence-electron chi connectivity index (χ0n) is 15.3. The molecule has 8 heteroatoms. The van der Waals surface area contributed by atoms with Crippen molar-refractivity contribution in [3.8, 4) is 0 Å². The average Bonchev–Trinajstić information content (AvgIpc) is 3.15. The number of benzene rings is 2. The first kappa shape index (κ1) is 19.6. The molecule has 1 heterocycles. The number of rotatable bonds is 8. The lowest BCUT2D eigenvalue weighted by molar-refractivity contribution is -0.113. The predicted octanol–water partition coefficient (Wildman–Crippen LogP) is 3.30. The highest BCUT2D eigenvalue weighted by Crippen LogP contribution is 2.16. The van der Waals surface area contributed by atoms with Gasteiger partial charge in [-0.25, -0.2) is 9.78 Å². The standard InChI is InChI=1S/C20H20N4O3S/c1-2-27-19(26)15-9-6-10-16(12-15)21-18(25)13-28-20-22-17(23-24-20)11-14-7-4-3-5-8-14/h3-10,12H,2,11,13H2,1H3,(H,21,25)(H,22,23,24). The number of carbonyl (C=O) groups excluding carboxylic acids is 2. The van der Waals surface area contributed by atoms with E-state index < -0.39 is 5.97 Å². The van der Waals surface area contributed by atoms with Gasteiger partial charge >= 0.3 is 5.97 Å². The maximum atomic E-state index is 12.2. The fourth-order valence-corrected chi connectivity index (χ4v) is 3.09. The fraction of sp³-hybridized carbons (Fsp3) is 0.200. The van der Waals surface area contributed by atoms with Crippen molar-refractivity contribution < 1.29 is 14.3 Å². The topological polar surface area (TPSA) is 97.0 Å². The summed E-state index contributed by atoms with van der Waals surface area (Å²) in [6, 6.07) is 16.6. The van der Waals surface area contributed by atoms with Crippen LogP contribution in [0.1, 0.15) is 28.7 Å². The van der Waals surface area contributed by atoms with Crippen molar-refractivity contribution in [2.24, 2.45) is 0 Å². The molecule has 0 fully saturated rings. The predicted molar refractivity (Wildman–Crippen MR) is 107 cm³/mol. The van der Waals surface area contributed by atoms with Gasteiger partial charge in [0.15, 0.2) is 0 Å². The minimum absolute atomic E-state index is 0.159. The van der Waals surface area contributed by atoms with Gasteiger partial charge in [-0.15, -0.1) is 5.10 Å². The molecule has 1 amide bonds. The molecule has 3 rings (SSSR count). The van der Waals surface area contributed by atoms with Crippen molar-refractivity contribution >= 4 is 29.3 Å². The van der Waals surface area contributed by atoms with Crippen LogP contribution in [0.2, 0.25) is 0 Å². The second-order valence-electron chi connectivity index (χ2n) is 5.87. The number of amides is 1. The molecule has 2 N–H and O–H groups in total. The molecule has 0 aliphatic rings. The van der Waals surface area contributed by atoms with Crippen LogP contribution in [0.5, 0.6) is 0 Å². The van der Waals surface area contributed by atoms with Crippen LogP contribution < -0.4 is 5.32 Å². The SMILES string of the molecule is CCOC(=O)c1cccc(NC(=O)CSc2n[nH]c(Cc3ccccc3)n2)c1. The first-order chi connectivity index (χ1) is 13.6. The third-order valence-electron chi connectivity index (χ3n) is 3.72. The van der Waals surface area contributed by atoms with Crippen molar-refractivity contribution in [3.05, 3.63) is 71.5 Å². The van der Waals surface area contributed by atoms with Crippen LogP contribution in [0.3, 0.4) is 0 Å². The molecule has 0 saturated heterocycles. The Labute approximate surface area is 166 Å². The summed E-state index contributed by atoms with van der Waals surface area (Å²) in [5, 5.41) is 10.3. The number of hydrogen-bond acceptors (Lipinski definition) is 6. The van der Waals surface area contributed by atoms with Crippen LogP contribution in [0.15, 0.2) is 59.8 Å². The summed E-state index contributed by atoms with van der Waals surface area (Å²) in [4.78, 5) is 28.3. The van der Waals surface area contributed by atoms with Crippen molar-refractivity contribution in [1.82, 2.24) is 15.2 Å². The quantitative estimate of drug-likeness (QED) is 0.448. The highest BCUT2D eigenvalue weighted by Gasteiger charge is 2.11. The number of anilines is 1. The van der Waals surface area contributed by atoms with Crippen LogP contribution in [-0.4, -0.2) is 39.4 Å². The Bertz CT molecular complexity index is 943. The Hall–Kier alpha value is -3.13. The first-order valence-corrected chi connectivity index (χ1v) is 9.77. The van der Waals surface area contributed by atoms with Crippen molar-refractivity contribution in [2.75, 3.05) is 17.7 Å². The Kier molecular flexibility index (Phi) is 6.80. The maximum Gasteiger partial charge on any atom is 0.338 e. The smallest absolute Gasteiger partial charge is 0.338 e. The molecule has 28 heavy (non-hydrogen) atoms. The molecule has 1 aromatic heterocycles. The van der Waals surface area contributed by atoms with Crippen LogP contribution in [0.4, 0.5) is 5.69 Å². The van der Waals surface area contributed by atoms with Crippen LogP contribution in [-0.2, 0) is 16.0 Å². The molecule has 144 valence electrons. The molecular weight excluding hydrogens is 376 g/mol. The first-order valence-electron chi connectivity index (χ1n) is 8.79. The summed E-state index contributed by atoms with van der Waals surface area (Å²) < 4.78 is 4.96.